The zero-order valence-corrected chi connectivity index (χ0v) is 11.8. The van der Waals surface area contributed by atoms with Crippen LogP contribution in [-0.4, -0.2) is 30.1 Å². The van der Waals surface area contributed by atoms with Gasteiger partial charge in [-0.05, 0) is 37.5 Å². The summed E-state index contributed by atoms with van der Waals surface area (Å²) in [6.45, 7) is 2.72. The molecular weight excluding hydrogens is 283 g/mol. The van der Waals surface area contributed by atoms with Gasteiger partial charge >= 0.3 is 12.1 Å². The lowest BCUT2D eigenvalue weighted by Gasteiger charge is -2.21. The topological polar surface area (TPSA) is 29.5 Å². The number of hydrogen-bond donors (Lipinski definition) is 0. The van der Waals surface area contributed by atoms with E-state index in [1.807, 2.05) is 4.90 Å². The van der Waals surface area contributed by atoms with Crippen molar-refractivity contribution >= 4 is 5.97 Å². The van der Waals surface area contributed by atoms with Crippen LogP contribution in [0.4, 0.5) is 13.2 Å². The van der Waals surface area contributed by atoms with Crippen molar-refractivity contribution in [1.29, 1.82) is 0 Å². The highest BCUT2D eigenvalue weighted by atomic mass is 19.4. The van der Waals surface area contributed by atoms with Gasteiger partial charge in [0.05, 0.1) is 18.7 Å². The molecule has 0 atom stereocenters. The van der Waals surface area contributed by atoms with Crippen LogP contribution in [0.2, 0.25) is 0 Å². The third kappa shape index (κ3) is 4.74. The number of rotatable bonds is 6. The molecule has 1 aliphatic rings. The summed E-state index contributed by atoms with van der Waals surface area (Å²) in [4.78, 5) is 13.5. The molecule has 21 heavy (non-hydrogen) atoms. The Morgan fingerprint density at radius 3 is 2.38 bits per heavy atom. The Morgan fingerprint density at radius 2 is 1.90 bits per heavy atom. The van der Waals surface area contributed by atoms with Crippen molar-refractivity contribution in [2.45, 2.75) is 38.5 Å². The molecular formula is C15H18F3NO2. The summed E-state index contributed by atoms with van der Waals surface area (Å²) in [5, 5.41) is 0. The number of ether oxygens (including phenoxy) is 1. The van der Waals surface area contributed by atoms with E-state index < -0.39 is 11.7 Å². The number of nitrogens with zero attached hydrogens (tertiary/aromatic N) is 1. The zero-order chi connectivity index (χ0) is 15.5. The van der Waals surface area contributed by atoms with E-state index in [1.165, 1.54) is 12.1 Å². The Morgan fingerprint density at radius 1 is 1.29 bits per heavy atom. The SMILES string of the molecule is CCOC(=O)CN(Cc1ccc(C(F)(F)F)cc1)C1CC1. The van der Waals surface area contributed by atoms with Gasteiger partial charge in [0.1, 0.15) is 0 Å². The van der Waals surface area contributed by atoms with Gasteiger partial charge in [-0.15, -0.1) is 0 Å². The van der Waals surface area contributed by atoms with Crippen molar-refractivity contribution in [3.05, 3.63) is 35.4 Å². The molecule has 1 aromatic rings. The van der Waals surface area contributed by atoms with Gasteiger partial charge in [0.25, 0.3) is 0 Å². The van der Waals surface area contributed by atoms with Crippen molar-refractivity contribution in [1.82, 2.24) is 4.90 Å². The van der Waals surface area contributed by atoms with Crippen molar-refractivity contribution in [3.8, 4) is 0 Å². The van der Waals surface area contributed by atoms with Gasteiger partial charge in [-0.25, -0.2) is 0 Å². The molecule has 6 heteroatoms. The lowest BCUT2D eigenvalue weighted by atomic mass is 10.1. The molecule has 3 nitrogen and oxygen atoms in total. The zero-order valence-electron chi connectivity index (χ0n) is 11.8. The third-order valence-electron chi connectivity index (χ3n) is 3.37. The van der Waals surface area contributed by atoms with Gasteiger partial charge in [0.2, 0.25) is 0 Å². The van der Waals surface area contributed by atoms with Crippen LogP contribution in [0.5, 0.6) is 0 Å². The van der Waals surface area contributed by atoms with Crippen LogP contribution in [0, 0.1) is 0 Å². The third-order valence-corrected chi connectivity index (χ3v) is 3.37. The maximum absolute atomic E-state index is 12.5. The van der Waals surface area contributed by atoms with Crippen molar-refractivity contribution in [2.24, 2.45) is 0 Å². The van der Waals surface area contributed by atoms with Crippen LogP contribution in [0.3, 0.4) is 0 Å². The molecule has 1 saturated carbocycles. The second-order valence-electron chi connectivity index (χ2n) is 5.14. The van der Waals surface area contributed by atoms with Gasteiger partial charge in [-0.1, -0.05) is 12.1 Å². The highest BCUT2D eigenvalue weighted by Crippen LogP contribution is 2.31. The Kier molecular flexibility index (Phi) is 4.88. The fourth-order valence-corrected chi connectivity index (χ4v) is 2.16. The summed E-state index contributed by atoms with van der Waals surface area (Å²) in [5.41, 5.74) is 0.105. The van der Waals surface area contributed by atoms with Crippen molar-refractivity contribution < 1.29 is 22.7 Å². The summed E-state index contributed by atoms with van der Waals surface area (Å²) >= 11 is 0. The standard InChI is InChI=1S/C15H18F3NO2/c1-2-21-14(20)10-19(13-7-8-13)9-11-3-5-12(6-4-11)15(16,17)18/h3-6,13H,2,7-10H2,1H3. The van der Waals surface area contributed by atoms with Crippen LogP contribution in [0.1, 0.15) is 30.9 Å². The monoisotopic (exact) mass is 301 g/mol. The molecule has 2 rings (SSSR count). The summed E-state index contributed by atoms with van der Waals surface area (Å²) in [6.07, 6.45) is -2.29. The van der Waals surface area contributed by atoms with E-state index in [9.17, 15) is 18.0 Å². The summed E-state index contributed by atoms with van der Waals surface area (Å²) in [5.74, 6) is -0.295. The molecule has 1 aliphatic carbocycles. The molecule has 0 aromatic heterocycles. The molecule has 0 unspecified atom stereocenters. The van der Waals surface area contributed by atoms with Gasteiger partial charge in [-0.3, -0.25) is 9.69 Å². The highest BCUT2D eigenvalue weighted by molar-refractivity contribution is 5.71. The number of esters is 1. The summed E-state index contributed by atoms with van der Waals surface area (Å²) in [6, 6.07) is 5.40. The largest absolute Gasteiger partial charge is 0.465 e. The normalized spacial score (nSPS) is 15.3. The van der Waals surface area contributed by atoms with Crippen LogP contribution < -0.4 is 0 Å². The number of benzene rings is 1. The molecule has 116 valence electrons. The molecule has 0 heterocycles. The fourth-order valence-electron chi connectivity index (χ4n) is 2.16. The molecule has 0 radical (unpaired) electrons. The summed E-state index contributed by atoms with van der Waals surface area (Å²) < 4.78 is 42.4. The first kappa shape index (κ1) is 15.8. The predicted octanol–water partition coefficient (Wildman–Crippen LogP) is 3.23. The first-order valence-corrected chi connectivity index (χ1v) is 6.96. The molecule has 1 aromatic carbocycles. The average molecular weight is 301 g/mol. The lowest BCUT2D eigenvalue weighted by Crippen LogP contribution is -2.32. The van der Waals surface area contributed by atoms with Gasteiger partial charge < -0.3 is 4.74 Å². The van der Waals surface area contributed by atoms with Crippen LogP contribution in [0.25, 0.3) is 0 Å². The minimum absolute atomic E-state index is 0.180. The second kappa shape index (κ2) is 6.47. The number of alkyl halides is 3. The lowest BCUT2D eigenvalue weighted by molar-refractivity contribution is -0.144. The Bertz CT molecular complexity index is 481. The number of hydrogen-bond acceptors (Lipinski definition) is 3. The van der Waals surface area contributed by atoms with E-state index in [4.69, 9.17) is 4.74 Å². The van der Waals surface area contributed by atoms with E-state index >= 15 is 0 Å². The Hall–Kier alpha value is -1.56. The first-order valence-electron chi connectivity index (χ1n) is 6.96. The number of carbonyl (C=O) groups excluding carboxylic acids is 1. The first-order chi connectivity index (χ1) is 9.90. The number of carbonyl (C=O) groups is 1. The summed E-state index contributed by atoms with van der Waals surface area (Å²) in [7, 11) is 0. The molecule has 0 N–H and O–H groups in total. The molecule has 0 spiro atoms. The fraction of sp³-hybridized carbons (Fsp3) is 0.533. The van der Waals surface area contributed by atoms with E-state index in [-0.39, 0.29) is 12.5 Å². The predicted molar refractivity (Wildman–Crippen MR) is 71.5 cm³/mol. The smallest absolute Gasteiger partial charge is 0.416 e. The minimum Gasteiger partial charge on any atom is -0.465 e. The molecule has 0 saturated heterocycles. The van der Waals surface area contributed by atoms with Crippen molar-refractivity contribution in [3.63, 3.8) is 0 Å². The van der Waals surface area contributed by atoms with Crippen LogP contribution in [0.15, 0.2) is 24.3 Å². The Labute approximate surface area is 121 Å². The molecule has 0 amide bonds. The maximum atomic E-state index is 12.5. The van der Waals surface area contributed by atoms with Crippen LogP contribution >= 0.6 is 0 Å². The minimum atomic E-state index is -4.32. The average Bonchev–Trinajstić information content (AvgIpc) is 3.22. The van der Waals surface area contributed by atoms with Gasteiger partial charge in [0.15, 0.2) is 0 Å². The molecule has 0 aliphatic heterocycles. The highest BCUT2D eigenvalue weighted by Gasteiger charge is 2.32. The van der Waals surface area contributed by atoms with Crippen molar-refractivity contribution in [2.75, 3.05) is 13.2 Å². The maximum Gasteiger partial charge on any atom is 0.416 e. The molecule has 1 fully saturated rings. The van der Waals surface area contributed by atoms with Gasteiger partial charge in [0, 0.05) is 12.6 Å². The van der Waals surface area contributed by atoms with E-state index in [2.05, 4.69) is 0 Å². The van der Waals surface area contributed by atoms with E-state index in [0.717, 1.165) is 30.5 Å². The van der Waals surface area contributed by atoms with Crippen LogP contribution in [-0.2, 0) is 22.3 Å². The number of halogens is 3. The quantitative estimate of drug-likeness (QED) is 0.756. The molecule has 0 bridgehead atoms. The second-order valence-corrected chi connectivity index (χ2v) is 5.14. The van der Waals surface area contributed by atoms with E-state index in [1.54, 1.807) is 6.92 Å². The van der Waals surface area contributed by atoms with Gasteiger partial charge in [-0.2, -0.15) is 13.2 Å². The Balaban J connectivity index is 1.98. The van der Waals surface area contributed by atoms with E-state index in [0.29, 0.717) is 19.2 Å².